The average molecular weight is 209 g/mol. The minimum Gasteiger partial charge on any atom is -0.412 e. The zero-order valence-electron chi connectivity index (χ0n) is 5.19. The van der Waals surface area contributed by atoms with Gasteiger partial charge in [-0.1, -0.05) is 0 Å². The molecule has 1 rings (SSSR count). The van der Waals surface area contributed by atoms with Crippen LogP contribution in [0.4, 0.5) is 5.82 Å². The second-order valence-electron chi connectivity index (χ2n) is 1.66. The predicted molar refractivity (Wildman–Crippen MR) is 42.0 cm³/mol. The van der Waals surface area contributed by atoms with Crippen LogP contribution in [0.2, 0.25) is 0 Å². The van der Waals surface area contributed by atoms with E-state index in [9.17, 15) is 0 Å². The van der Waals surface area contributed by atoms with E-state index in [0.717, 1.165) is 0 Å². The Labute approximate surface area is 68.3 Å². The summed E-state index contributed by atoms with van der Waals surface area (Å²) in [5.41, 5.74) is 11.1. The monoisotopic (exact) mass is 208 g/mol. The number of nitrogens with zero attached hydrogens (tertiary/aromatic N) is 2. The number of hydrogen-bond donors (Lipinski definition) is 3. The van der Waals surface area contributed by atoms with Gasteiger partial charge in [-0.15, -0.1) is 26.9 Å². The molecule has 1 aromatic rings. The van der Waals surface area contributed by atoms with E-state index in [-0.39, 0.29) is 22.8 Å². The fraction of sp³-hybridized carbons (Fsp3) is 0.250. The quantitative estimate of drug-likeness (QED) is 0.555. The molecule has 5 N–H and O–H groups in total. The van der Waals surface area contributed by atoms with E-state index in [2.05, 4.69) is 5.10 Å². The maximum absolute atomic E-state index is 8.64. The first kappa shape index (κ1) is 9.25. The second-order valence-corrected chi connectivity index (χ2v) is 1.66. The summed E-state index contributed by atoms with van der Waals surface area (Å²) < 4.78 is 0. The van der Waals surface area contributed by atoms with Gasteiger partial charge in [-0.3, -0.25) is 0 Å². The summed E-state index contributed by atoms with van der Waals surface area (Å²) in [5.74, 6) is 0.278. The van der Waals surface area contributed by atoms with E-state index < -0.39 is 0 Å². The highest BCUT2D eigenvalue weighted by Crippen LogP contribution is 2.04. The van der Waals surface area contributed by atoms with E-state index in [1.165, 1.54) is 6.20 Å². The third kappa shape index (κ3) is 1.61. The molecule has 0 saturated carbocycles. The Morgan fingerprint density at radius 3 is 2.50 bits per heavy atom. The number of aromatic nitrogens is 2. The lowest BCUT2D eigenvalue weighted by Gasteiger charge is -1.85. The molecule has 0 unspecified atom stereocenters. The van der Waals surface area contributed by atoms with Crippen LogP contribution >= 0.6 is 17.0 Å². The third-order valence-corrected chi connectivity index (χ3v) is 1.03. The van der Waals surface area contributed by atoms with Crippen molar-refractivity contribution in [2.45, 2.75) is 6.54 Å². The van der Waals surface area contributed by atoms with Crippen molar-refractivity contribution in [2.75, 3.05) is 5.73 Å². The van der Waals surface area contributed by atoms with Crippen molar-refractivity contribution in [1.82, 2.24) is 9.94 Å². The van der Waals surface area contributed by atoms with Crippen molar-refractivity contribution in [3.8, 4) is 0 Å². The molecule has 5 nitrogen and oxygen atoms in total. The van der Waals surface area contributed by atoms with Gasteiger partial charge in [0.05, 0.1) is 6.20 Å². The third-order valence-electron chi connectivity index (χ3n) is 1.03. The Hall–Kier alpha value is -0.750. The molecule has 58 valence electrons. The molecular weight excluding hydrogens is 200 g/mol. The molecule has 0 aliphatic rings. The first-order chi connectivity index (χ1) is 4.24. The highest BCUT2D eigenvalue weighted by atomic mass is 79.9. The molecule has 0 spiro atoms. The summed E-state index contributed by atoms with van der Waals surface area (Å²) in [6, 6.07) is 0. The van der Waals surface area contributed by atoms with Gasteiger partial charge in [0.25, 0.3) is 0 Å². The molecule has 0 fully saturated rings. The molecule has 0 aliphatic heterocycles. The van der Waals surface area contributed by atoms with Crippen LogP contribution in [0.15, 0.2) is 6.20 Å². The lowest BCUT2D eigenvalue weighted by Crippen LogP contribution is -1.98. The van der Waals surface area contributed by atoms with Gasteiger partial charge < -0.3 is 16.7 Å². The molecule has 0 radical (unpaired) electrons. The lowest BCUT2D eigenvalue weighted by atomic mass is 10.3. The van der Waals surface area contributed by atoms with Crippen LogP contribution in [0.25, 0.3) is 0 Å². The van der Waals surface area contributed by atoms with Crippen LogP contribution < -0.4 is 11.5 Å². The average Bonchev–Trinajstić information content (AvgIpc) is 2.10. The molecule has 1 heterocycles. The van der Waals surface area contributed by atoms with Gasteiger partial charge in [-0.05, 0) is 0 Å². The largest absolute Gasteiger partial charge is 0.412 e. The highest BCUT2D eigenvalue weighted by Gasteiger charge is 2.00. The molecule has 0 aliphatic carbocycles. The second kappa shape index (κ2) is 3.43. The molecule has 6 heteroatoms. The highest BCUT2D eigenvalue weighted by molar-refractivity contribution is 8.93. The summed E-state index contributed by atoms with van der Waals surface area (Å²) in [5, 5.41) is 12.1. The van der Waals surface area contributed by atoms with Gasteiger partial charge in [-0.2, -0.15) is 0 Å². The van der Waals surface area contributed by atoms with Crippen molar-refractivity contribution < 1.29 is 5.21 Å². The van der Waals surface area contributed by atoms with Crippen LogP contribution in [0.5, 0.6) is 0 Å². The normalized spacial score (nSPS) is 8.90. The Morgan fingerprint density at radius 1 is 1.70 bits per heavy atom. The molecule has 0 bridgehead atoms. The summed E-state index contributed by atoms with van der Waals surface area (Å²) in [4.78, 5) is 0.650. The minimum atomic E-state index is 0. The Balaban J connectivity index is 0.000000810. The van der Waals surface area contributed by atoms with Crippen LogP contribution in [0.3, 0.4) is 0 Å². The van der Waals surface area contributed by atoms with Crippen molar-refractivity contribution in [3.63, 3.8) is 0 Å². The van der Waals surface area contributed by atoms with Gasteiger partial charge >= 0.3 is 0 Å². The van der Waals surface area contributed by atoms with Crippen molar-refractivity contribution in [1.29, 1.82) is 0 Å². The van der Waals surface area contributed by atoms with E-state index in [1.54, 1.807) is 0 Å². The topological polar surface area (TPSA) is 90.1 Å². The number of nitrogens with two attached hydrogens (primary N) is 2. The number of anilines is 1. The van der Waals surface area contributed by atoms with E-state index >= 15 is 0 Å². The van der Waals surface area contributed by atoms with Crippen LogP contribution in [0, 0.1) is 0 Å². The maximum Gasteiger partial charge on any atom is 0.153 e. The number of hydrogen-bond acceptors (Lipinski definition) is 4. The zero-order chi connectivity index (χ0) is 6.85. The molecular formula is C4H9BrN4O. The van der Waals surface area contributed by atoms with Crippen molar-refractivity contribution in [2.24, 2.45) is 5.73 Å². The number of nitrogen functional groups attached to an aromatic ring is 1. The van der Waals surface area contributed by atoms with Crippen LogP contribution in [-0.4, -0.2) is 15.2 Å². The molecule has 1 aromatic heterocycles. The summed E-state index contributed by atoms with van der Waals surface area (Å²) in [7, 11) is 0. The van der Waals surface area contributed by atoms with E-state index in [0.29, 0.717) is 17.0 Å². The van der Waals surface area contributed by atoms with Crippen molar-refractivity contribution >= 4 is 22.8 Å². The summed E-state index contributed by atoms with van der Waals surface area (Å²) in [6.45, 7) is 0.298. The lowest BCUT2D eigenvalue weighted by molar-refractivity contribution is 0.149. The molecule has 10 heavy (non-hydrogen) atoms. The zero-order valence-corrected chi connectivity index (χ0v) is 6.90. The van der Waals surface area contributed by atoms with E-state index in [1.807, 2.05) is 0 Å². The van der Waals surface area contributed by atoms with Crippen molar-refractivity contribution in [3.05, 3.63) is 11.8 Å². The van der Waals surface area contributed by atoms with Crippen LogP contribution in [-0.2, 0) is 6.54 Å². The fourth-order valence-corrected chi connectivity index (χ4v) is 0.566. The molecule has 0 saturated heterocycles. The first-order valence-electron chi connectivity index (χ1n) is 2.47. The van der Waals surface area contributed by atoms with Gasteiger partial charge in [0.1, 0.15) is 0 Å². The molecule has 0 atom stereocenters. The molecule has 0 aromatic carbocycles. The number of rotatable bonds is 1. The Kier molecular flexibility index (Phi) is 3.17. The fourth-order valence-electron chi connectivity index (χ4n) is 0.566. The predicted octanol–water partition coefficient (Wildman–Crippen LogP) is -0.261. The standard InChI is InChI=1S/C4H8N4O.BrH/c5-1-3-2-8(9)7-4(3)6;/h2,9H,1,5H2,(H2,6,7);1H. The van der Waals surface area contributed by atoms with Gasteiger partial charge in [0.2, 0.25) is 0 Å². The maximum atomic E-state index is 8.64. The Bertz CT molecular complexity index is 211. The van der Waals surface area contributed by atoms with Gasteiger partial charge in [0, 0.05) is 12.1 Å². The van der Waals surface area contributed by atoms with Gasteiger partial charge in [0.15, 0.2) is 5.82 Å². The summed E-state index contributed by atoms with van der Waals surface area (Å²) in [6.07, 6.45) is 1.37. The van der Waals surface area contributed by atoms with Crippen LogP contribution in [0.1, 0.15) is 5.56 Å². The Morgan fingerprint density at radius 2 is 2.30 bits per heavy atom. The minimum absolute atomic E-state index is 0. The van der Waals surface area contributed by atoms with Gasteiger partial charge in [-0.25, -0.2) is 0 Å². The van der Waals surface area contributed by atoms with E-state index in [4.69, 9.17) is 16.7 Å². The summed E-state index contributed by atoms with van der Waals surface area (Å²) >= 11 is 0. The SMILES string of the molecule is Br.NCc1cn(O)nc1N. The molecule has 0 amide bonds. The number of halogens is 1. The smallest absolute Gasteiger partial charge is 0.153 e. The first-order valence-corrected chi connectivity index (χ1v) is 2.47.